The van der Waals surface area contributed by atoms with Crippen LogP contribution in [0.25, 0.3) is 10.9 Å². The van der Waals surface area contributed by atoms with Crippen LogP contribution in [0.15, 0.2) is 54.7 Å². The smallest absolute Gasteiger partial charge is 0.244 e. The molecule has 3 aromatic rings. The van der Waals surface area contributed by atoms with Gasteiger partial charge in [0.15, 0.2) is 0 Å². The molecule has 1 amide bonds. The van der Waals surface area contributed by atoms with E-state index in [0.717, 1.165) is 22.3 Å². The first-order valence-electron chi connectivity index (χ1n) is 7.71. The van der Waals surface area contributed by atoms with Crippen LogP contribution < -0.4 is 10.1 Å². The summed E-state index contributed by atoms with van der Waals surface area (Å²) in [6.45, 7) is 2.72. The number of carbonyl (C=O) groups excluding carboxylic acids is 1. The summed E-state index contributed by atoms with van der Waals surface area (Å²) in [5, 5.41) is 12.9. The predicted molar refractivity (Wildman–Crippen MR) is 92.9 cm³/mol. The Morgan fingerprint density at radius 3 is 2.71 bits per heavy atom. The van der Waals surface area contributed by atoms with Gasteiger partial charge in [0.2, 0.25) is 5.91 Å². The van der Waals surface area contributed by atoms with Gasteiger partial charge in [0, 0.05) is 17.4 Å². The number of anilines is 1. The number of ether oxygens (including phenoxy) is 1. The van der Waals surface area contributed by atoms with Gasteiger partial charge in [-0.3, -0.25) is 4.79 Å². The van der Waals surface area contributed by atoms with Gasteiger partial charge in [-0.2, -0.15) is 5.26 Å². The monoisotopic (exact) mass is 319 g/mol. The van der Waals surface area contributed by atoms with Crippen LogP contribution >= 0.6 is 0 Å². The Balaban J connectivity index is 1.72. The van der Waals surface area contributed by atoms with Crippen LogP contribution in [0.2, 0.25) is 0 Å². The van der Waals surface area contributed by atoms with Crippen LogP contribution in [-0.2, 0) is 11.3 Å². The minimum atomic E-state index is -0.126. The number of rotatable bonds is 5. The van der Waals surface area contributed by atoms with E-state index in [2.05, 4.69) is 11.4 Å². The average molecular weight is 319 g/mol. The van der Waals surface area contributed by atoms with E-state index < -0.39 is 0 Å². The number of nitrogens with zero attached hydrogens (tertiary/aromatic N) is 2. The number of nitrogens with one attached hydrogen (secondary N) is 1. The number of hydrogen-bond donors (Lipinski definition) is 1. The highest BCUT2D eigenvalue weighted by Crippen LogP contribution is 2.18. The summed E-state index contributed by atoms with van der Waals surface area (Å²) < 4.78 is 7.21. The quantitative estimate of drug-likeness (QED) is 0.782. The number of carbonyl (C=O) groups is 1. The van der Waals surface area contributed by atoms with E-state index in [-0.39, 0.29) is 12.5 Å². The van der Waals surface area contributed by atoms with Crippen molar-refractivity contribution in [3.8, 4) is 11.8 Å². The fourth-order valence-corrected chi connectivity index (χ4v) is 2.55. The molecule has 0 spiro atoms. The Labute approximate surface area is 140 Å². The van der Waals surface area contributed by atoms with Crippen molar-refractivity contribution >= 4 is 22.5 Å². The molecule has 2 aromatic carbocycles. The van der Waals surface area contributed by atoms with Crippen LogP contribution in [0.1, 0.15) is 12.5 Å². The van der Waals surface area contributed by atoms with Crippen LogP contribution in [0.5, 0.6) is 5.75 Å². The summed E-state index contributed by atoms with van der Waals surface area (Å²) in [5.41, 5.74) is 2.17. The zero-order chi connectivity index (χ0) is 16.9. The third-order valence-corrected chi connectivity index (χ3v) is 3.67. The van der Waals surface area contributed by atoms with E-state index in [4.69, 9.17) is 10.00 Å². The summed E-state index contributed by atoms with van der Waals surface area (Å²) in [4.78, 5) is 12.3. The molecule has 0 saturated heterocycles. The predicted octanol–water partition coefficient (Wildman–Crippen LogP) is 3.55. The molecule has 0 atom stereocenters. The van der Waals surface area contributed by atoms with E-state index in [1.54, 1.807) is 12.1 Å². The van der Waals surface area contributed by atoms with Crippen molar-refractivity contribution in [1.82, 2.24) is 4.57 Å². The van der Waals surface area contributed by atoms with Gasteiger partial charge < -0.3 is 14.6 Å². The maximum Gasteiger partial charge on any atom is 0.244 e. The lowest BCUT2D eigenvalue weighted by Crippen LogP contribution is -2.18. The summed E-state index contributed by atoms with van der Waals surface area (Å²) in [5.74, 6) is 0.648. The Bertz CT molecular complexity index is 905. The maximum atomic E-state index is 12.3. The minimum absolute atomic E-state index is 0.126. The largest absolute Gasteiger partial charge is 0.494 e. The number of benzene rings is 2. The molecular weight excluding hydrogens is 302 g/mol. The Morgan fingerprint density at radius 2 is 2.00 bits per heavy atom. The first-order valence-corrected chi connectivity index (χ1v) is 7.71. The van der Waals surface area contributed by atoms with E-state index in [1.807, 2.05) is 54.1 Å². The number of fused-ring (bicyclic) bond motifs is 1. The van der Waals surface area contributed by atoms with E-state index in [1.165, 1.54) is 0 Å². The summed E-state index contributed by atoms with van der Waals surface area (Å²) in [7, 11) is 0. The Morgan fingerprint density at radius 1 is 1.21 bits per heavy atom. The van der Waals surface area contributed by atoms with Crippen molar-refractivity contribution in [2.24, 2.45) is 0 Å². The van der Waals surface area contributed by atoms with Gasteiger partial charge >= 0.3 is 0 Å². The molecule has 0 unspecified atom stereocenters. The van der Waals surface area contributed by atoms with Gasteiger partial charge in [0.05, 0.1) is 18.2 Å². The van der Waals surface area contributed by atoms with Crippen LogP contribution in [0.4, 0.5) is 5.69 Å². The second-order valence-electron chi connectivity index (χ2n) is 5.33. The standard InChI is InChI=1S/C19H17N3O2/c1-2-24-17-7-5-16(6-8-17)21-19(23)13-22-10-9-15-4-3-14(12-20)11-18(15)22/h3-11H,2,13H2,1H3,(H,21,23). The molecule has 0 bridgehead atoms. The summed E-state index contributed by atoms with van der Waals surface area (Å²) >= 11 is 0. The van der Waals surface area contributed by atoms with E-state index in [9.17, 15) is 4.79 Å². The number of aromatic nitrogens is 1. The third kappa shape index (κ3) is 3.39. The van der Waals surface area contributed by atoms with Gasteiger partial charge in [-0.15, -0.1) is 0 Å². The molecular formula is C19H17N3O2. The summed E-state index contributed by atoms with van der Waals surface area (Å²) in [6, 6.07) is 16.8. The van der Waals surface area contributed by atoms with Crippen LogP contribution in [0.3, 0.4) is 0 Å². The normalized spacial score (nSPS) is 10.3. The number of hydrogen-bond acceptors (Lipinski definition) is 3. The van der Waals surface area contributed by atoms with Crippen LogP contribution in [0, 0.1) is 11.3 Å². The molecule has 1 N–H and O–H groups in total. The van der Waals surface area contributed by atoms with Gasteiger partial charge in [-0.05, 0) is 54.8 Å². The molecule has 1 aromatic heterocycles. The lowest BCUT2D eigenvalue weighted by atomic mass is 10.2. The number of nitriles is 1. The van der Waals surface area contributed by atoms with Gasteiger partial charge in [0.25, 0.3) is 0 Å². The SMILES string of the molecule is CCOc1ccc(NC(=O)Cn2ccc3ccc(C#N)cc32)cc1. The minimum Gasteiger partial charge on any atom is -0.494 e. The molecule has 0 fully saturated rings. The Hall–Kier alpha value is -3.26. The molecule has 0 aliphatic carbocycles. The van der Waals surface area contributed by atoms with Crippen molar-refractivity contribution in [2.45, 2.75) is 13.5 Å². The highest BCUT2D eigenvalue weighted by Gasteiger charge is 2.08. The van der Waals surface area contributed by atoms with Crippen molar-refractivity contribution in [2.75, 3.05) is 11.9 Å². The highest BCUT2D eigenvalue weighted by molar-refractivity contribution is 5.92. The van der Waals surface area contributed by atoms with Crippen LogP contribution in [-0.4, -0.2) is 17.1 Å². The maximum absolute atomic E-state index is 12.3. The second-order valence-corrected chi connectivity index (χ2v) is 5.33. The van der Waals surface area contributed by atoms with Crippen molar-refractivity contribution in [1.29, 1.82) is 5.26 Å². The van der Waals surface area contributed by atoms with Crippen molar-refractivity contribution in [3.05, 3.63) is 60.3 Å². The molecule has 5 heteroatoms. The molecule has 0 aliphatic heterocycles. The molecule has 0 saturated carbocycles. The topological polar surface area (TPSA) is 67.0 Å². The first kappa shape index (κ1) is 15.6. The molecule has 0 radical (unpaired) electrons. The van der Waals surface area contributed by atoms with Gasteiger partial charge in [-0.25, -0.2) is 0 Å². The lowest BCUT2D eigenvalue weighted by molar-refractivity contribution is -0.116. The fourth-order valence-electron chi connectivity index (χ4n) is 2.55. The number of amides is 1. The van der Waals surface area contributed by atoms with E-state index >= 15 is 0 Å². The van der Waals surface area contributed by atoms with Crippen molar-refractivity contribution in [3.63, 3.8) is 0 Å². The van der Waals surface area contributed by atoms with Crippen molar-refractivity contribution < 1.29 is 9.53 Å². The molecule has 5 nitrogen and oxygen atoms in total. The third-order valence-electron chi connectivity index (χ3n) is 3.67. The first-order chi connectivity index (χ1) is 11.7. The molecule has 24 heavy (non-hydrogen) atoms. The summed E-state index contributed by atoms with van der Waals surface area (Å²) in [6.07, 6.45) is 1.85. The molecule has 3 rings (SSSR count). The Kier molecular flexibility index (Phi) is 4.48. The highest BCUT2D eigenvalue weighted by atomic mass is 16.5. The fraction of sp³-hybridized carbons (Fsp3) is 0.158. The van der Waals surface area contributed by atoms with E-state index in [0.29, 0.717) is 12.2 Å². The average Bonchev–Trinajstić information content (AvgIpc) is 2.99. The molecule has 1 heterocycles. The second kappa shape index (κ2) is 6.88. The zero-order valence-electron chi connectivity index (χ0n) is 13.3. The molecule has 120 valence electrons. The van der Waals surface area contributed by atoms with Gasteiger partial charge in [0.1, 0.15) is 12.3 Å². The zero-order valence-corrected chi connectivity index (χ0v) is 13.3. The lowest BCUT2D eigenvalue weighted by Gasteiger charge is -2.09. The van der Waals surface area contributed by atoms with Gasteiger partial charge in [-0.1, -0.05) is 6.07 Å². The molecule has 0 aliphatic rings.